The summed E-state index contributed by atoms with van der Waals surface area (Å²) in [5.74, 6) is 1.39. The molecule has 1 atom stereocenters. The molecule has 1 heterocycles. The van der Waals surface area contributed by atoms with Crippen molar-refractivity contribution in [1.29, 1.82) is 0 Å². The van der Waals surface area contributed by atoms with Crippen molar-refractivity contribution in [3.63, 3.8) is 0 Å². The number of amides is 1. The first-order valence-electron chi connectivity index (χ1n) is 7.20. The molecule has 0 saturated carbocycles. The van der Waals surface area contributed by atoms with Crippen molar-refractivity contribution in [2.45, 2.75) is 45.1 Å². The van der Waals surface area contributed by atoms with Crippen LogP contribution < -0.4 is 5.32 Å². The van der Waals surface area contributed by atoms with Crippen LogP contribution in [0.1, 0.15) is 39.5 Å². The molecule has 20 heavy (non-hydrogen) atoms. The molecule has 5 heteroatoms. The van der Waals surface area contributed by atoms with Crippen LogP contribution >= 0.6 is 0 Å². The van der Waals surface area contributed by atoms with Gasteiger partial charge in [-0.3, -0.25) is 14.5 Å². The summed E-state index contributed by atoms with van der Waals surface area (Å²) >= 11 is 0. The summed E-state index contributed by atoms with van der Waals surface area (Å²) in [7, 11) is 0. The highest BCUT2D eigenvalue weighted by atomic mass is 16.4. The normalized spacial score (nSPS) is 20.1. The van der Waals surface area contributed by atoms with Crippen molar-refractivity contribution >= 4 is 11.9 Å². The Morgan fingerprint density at radius 1 is 1.45 bits per heavy atom. The molecular formula is C15H24N2O3. The number of hydrogen-bond acceptors (Lipinski definition) is 3. The first-order chi connectivity index (χ1) is 9.46. The number of hydrogen-bond donors (Lipinski definition) is 2. The van der Waals surface area contributed by atoms with Gasteiger partial charge in [0.1, 0.15) is 5.54 Å². The molecule has 1 saturated heterocycles. The van der Waals surface area contributed by atoms with Crippen molar-refractivity contribution in [1.82, 2.24) is 10.2 Å². The summed E-state index contributed by atoms with van der Waals surface area (Å²) in [6, 6.07) is 0. The lowest BCUT2D eigenvalue weighted by atomic mass is 9.93. The summed E-state index contributed by atoms with van der Waals surface area (Å²) in [4.78, 5) is 25.0. The van der Waals surface area contributed by atoms with Crippen molar-refractivity contribution in [2.24, 2.45) is 5.92 Å². The second-order valence-electron chi connectivity index (χ2n) is 5.39. The Labute approximate surface area is 120 Å². The first kappa shape index (κ1) is 16.5. The standard InChI is InChI=1S/C15H24N2O3/c1-4-15(5-2,6-3)16-13(18)11-17-9-7-8-12(10-17)14(19)20/h1,12H,5-11H2,2-3H3,(H,16,18)(H,19,20). The number of carbonyl (C=O) groups is 2. The van der Waals surface area contributed by atoms with E-state index < -0.39 is 11.5 Å². The number of piperidine rings is 1. The molecule has 0 aromatic rings. The number of likely N-dealkylation sites (tertiary alicyclic amines) is 1. The third kappa shape index (κ3) is 4.24. The fourth-order valence-electron chi connectivity index (χ4n) is 2.58. The van der Waals surface area contributed by atoms with Crippen LogP contribution in [0.15, 0.2) is 0 Å². The molecule has 1 rings (SSSR count). The van der Waals surface area contributed by atoms with Crippen LogP contribution in [0.25, 0.3) is 0 Å². The number of carbonyl (C=O) groups excluding carboxylic acids is 1. The second kappa shape index (κ2) is 7.30. The van der Waals surface area contributed by atoms with Crippen LogP contribution in [-0.4, -0.2) is 47.1 Å². The summed E-state index contributed by atoms with van der Waals surface area (Å²) in [6.45, 7) is 5.31. The largest absolute Gasteiger partial charge is 0.481 e. The molecule has 0 aromatic heterocycles. The Hall–Kier alpha value is -1.54. The Morgan fingerprint density at radius 2 is 2.10 bits per heavy atom. The predicted molar refractivity (Wildman–Crippen MR) is 77.1 cm³/mol. The van der Waals surface area contributed by atoms with E-state index in [1.54, 1.807) is 0 Å². The summed E-state index contributed by atoms with van der Waals surface area (Å²) in [5, 5.41) is 11.9. The second-order valence-corrected chi connectivity index (χ2v) is 5.39. The number of carboxylic acids is 1. The molecule has 0 bridgehead atoms. The average molecular weight is 280 g/mol. The van der Waals surface area contributed by atoms with E-state index >= 15 is 0 Å². The zero-order valence-corrected chi connectivity index (χ0v) is 12.3. The van der Waals surface area contributed by atoms with Crippen molar-refractivity contribution in [3.8, 4) is 12.3 Å². The maximum absolute atomic E-state index is 12.1. The molecular weight excluding hydrogens is 256 g/mol. The van der Waals surface area contributed by atoms with E-state index in [1.807, 2.05) is 18.7 Å². The monoisotopic (exact) mass is 280 g/mol. The van der Waals surface area contributed by atoms with Gasteiger partial charge < -0.3 is 10.4 Å². The fraction of sp³-hybridized carbons (Fsp3) is 0.733. The zero-order valence-electron chi connectivity index (χ0n) is 12.3. The van der Waals surface area contributed by atoms with E-state index in [1.165, 1.54) is 0 Å². The molecule has 0 aromatic carbocycles. The van der Waals surface area contributed by atoms with Gasteiger partial charge in [-0.05, 0) is 32.2 Å². The third-order valence-electron chi connectivity index (χ3n) is 4.08. The fourth-order valence-corrected chi connectivity index (χ4v) is 2.58. The van der Waals surface area contributed by atoms with Gasteiger partial charge in [-0.1, -0.05) is 19.8 Å². The minimum absolute atomic E-state index is 0.127. The van der Waals surface area contributed by atoms with Gasteiger partial charge in [0, 0.05) is 6.54 Å². The number of aliphatic carboxylic acids is 1. The Balaban J connectivity index is 2.54. The maximum Gasteiger partial charge on any atom is 0.307 e. The summed E-state index contributed by atoms with van der Waals surface area (Å²) in [6.07, 6.45) is 8.38. The highest BCUT2D eigenvalue weighted by Gasteiger charge is 2.29. The van der Waals surface area contributed by atoms with Crippen molar-refractivity contribution < 1.29 is 14.7 Å². The highest BCUT2D eigenvalue weighted by Crippen LogP contribution is 2.17. The zero-order chi connectivity index (χ0) is 15.2. The van der Waals surface area contributed by atoms with Gasteiger partial charge in [-0.2, -0.15) is 0 Å². The van der Waals surface area contributed by atoms with Gasteiger partial charge >= 0.3 is 5.97 Å². The van der Waals surface area contributed by atoms with Gasteiger partial charge in [0.2, 0.25) is 5.91 Å². The lowest BCUT2D eigenvalue weighted by molar-refractivity contribution is -0.144. The van der Waals surface area contributed by atoms with Crippen LogP contribution in [0.2, 0.25) is 0 Å². The number of rotatable bonds is 6. The van der Waals surface area contributed by atoms with Gasteiger partial charge in [-0.25, -0.2) is 0 Å². The van der Waals surface area contributed by atoms with Gasteiger partial charge in [0.15, 0.2) is 0 Å². The van der Waals surface area contributed by atoms with E-state index in [9.17, 15) is 9.59 Å². The van der Waals surface area contributed by atoms with Gasteiger partial charge in [0.05, 0.1) is 12.5 Å². The van der Waals surface area contributed by atoms with E-state index in [0.29, 0.717) is 25.8 Å². The number of carboxylic acid groups (broad SMARTS) is 1. The van der Waals surface area contributed by atoms with E-state index in [4.69, 9.17) is 11.5 Å². The summed E-state index contributed by atoms with van der Waals surface area (Å²) < 4.78 is 0. The minimum Gasteiger partial charge on any atom is -0.481 e. The highest BCUT2D eigenvalue weighted by molar-refractivity contribution is 5.79. The minimum atomic E-state index is -0.782. The maximum atomic E-state index is 12.1. The smallest absolute Gasteiger partial charge is 0.307 e. The van der Waals surface area contributed by atoms with Crippen molar-refractivity contribution in [3.05, 3.63) is 0 Å². The predicted octanol–water partition coefficient (Wildman–Crippen LogP) is 1.09. The molecule has 1 aliphatic heterocycles. The average Bonchev–Trinajstić information content (AvgIpc) is 2.45. The molecule has 112 valence electrons. The van der Waals surface area contributed by atoms with E-state index in [2.05, 4.69) is 11.2 Å². The molecule has 1 fully saturated rings. The van der Waals surface area contributed by atoms with Gasteiger partial charge in [-0.15, -0.1) is 6.42 Å². The first-order valence-corrected chi connectivity index (χ1v) is 7.20. The lowest BCUT2D eigenvalue weighted by Gasteiger charge is -2.32. The Kier molecular flexibility index (Phi) is 6.03. The quantitative estimate of drug-likeness (QED) is 0.715. The Morgan fingerprint density at radius 3 is 2.60 bits per heavy atom. The SMILES string of the molecule is C#CC(CC)(CC)NC(=O)CN1CCCC(C(=O)O)C1. The Bertz CT molecular complexity index is 396. The lowest BCUT2D eigenvalue weighted by Crippen LogP contribution is -2.51. The van der Waals surface area contributed by atoms with Gasteiger partial charge in [0.25, 0.3) is 0 Å². The summed E-state index contributed by atoms with van der Waals surface area (Å²) in [5.41, 5.74) is -0.584. The number of terminal acetylenes is 1. The molecule has 1 unspecified atom stereocenters. The van der Waals surface area contributed by atoms with Crippen LogP contribution in [0.4, 0.5) is 0 Å². The third-order valence-corrected chi connectivity index (χ3v) is 4.08. The molecule has 0 radical (unpaired) electrons. The topological polar surface area (TPSA) is 69.6 Å². The van der Waals surface area contributed by atoms with Crippen LogP contribution in [-0.2, 0) is 9.59 Å². The molecule has 0 aliphatic carbocycles. The van der Waals surface area contributed by atoms with E-state index in [-0.39, 0.29) is 18.4 Å². The molecule has 2 N–H and O–H groups in total. The molecule has 1 aliphatic rings. The van der Waals surface area contributed by atoms with Crippen LogP contribution in [0.3, 0.4) is 0 Å². The van der Waals surface area contributed by atoms with E-state index in [0.717, 1.165) is 13.0 Å². The number of nitrogens with one attached hydrogen (secondary N) is 1. The van der Waals surface area contributed by atoms with Crippen molar-refractivity contribution in [2.75, 3.05) is 19.6 Å². The molecule has 1 amide bonds. The molecule has 0 spiro atoms. The van der Waals surface area contributed by atoms with Crippen LogP contribution in [0.5, 0.6) is 0 Å². The number of nitrogens with zero attached hydrogens (tertiary/aromatic N) is 1. The molecule has 5 nitrogen and oxygen atoms in total. The van der Waals surface area contributed by atoms with Crippen LogP contribution in [0, 0.1) is 18.3 Å².